The summed E-state index contributed by atoms with van der Waals surface area (Å²) in [7, 11) is 0. The third-order valence-electron chi connectivity index (χ3n) is 4.10. The summed E-state index contributed by atoms with van der Waals surface area (Å²) in [5.41, 5.74) is 0.803. The van der Waals surface area contributed by atoms with Gasteiger partial charge >= 0.3 is 5.97 Å². The molecule has 0 saturated heterocycles. The van der Waals surface area contributed by atoms with E-state index < -0.39 is 22.9 Å². The maximum absolute atomic E-state index is 12.5. The van der Waals surface area contributed by atoms with Crippen LogP contribution in [0.5, 0.6) is 0 Å². The van der Waals surface area contributed by atoms with Crippen LogP contribution in [-0.2, 0) is 9.53 Å². The number of fused-ring (bicyclic) bond motifs is 1. The first kappa shape index (κ1) is 19.8. The van der Waals surface area contributed by atoms with Crippen molar-refractivity contribution in [3.63, 3.8) is 0 Å². The van der Waals surface area contributed by atoms with Gasteiger partial charge in [-0.1, -0.05) is 29.8 Å². The van der Waals surface area contributed by atoms with Gasteiger partial charge in [-0.3, -0.25) is 14.9 Å². The van der Waals surface area contributed by atoms with E-state index in [2.05, 4.69) is 5.32 Å². The van der Waals surface area contributed by atoms with Crippen LogP contribution in [0.3, 0.4) is 0 Å². The second-order valence-electron chi connectivity index (χ2n) is 6.01. The number of benzene rings is 2. The van der Waals surface area contributed by atoms with Crippen LogP contribution in [0.4, 0.5) is 11.4 Å². The van der Waals surface area contributed by atoms with Crippen molar-refractivity contribution in [1.82, 2.24) is 0 Å². The van der Waals surface area contributed by atoms with Gasteiger partial charge in [-0.25, -0.2) is 4.79 Å². The summed E-state index contributed by atoms with van der Waals surface area (Å²) >= 11 is 7.27. The molecular weight excluding hydrogens is 404 g/mol. The van der Waals surface area contributed by atoms with Gasteiger partial charge in [0.25, 0.3) is 11.6 Å². The monoisotopic (exact) mass is 418 g/mol. The molecule has 28 heavy (non-hydrogen) atoms. The largest absolute Gasteiger partial charge is 0.448 e. The van der Waals surface area contributed by atoms with E-state index in [1.807, 2.05) is 31.2 Å². The standard InChI is InChI=1S/C19H15ClN2O5S/c1-10-13-5-3-4-6-16(13)28-17(10)19(24)27-11(2)18(23)21-15-8-7-12(22(25)26)9-14(15)20/h3-9,11H,1-2H3,(H,21,23). The predicted molar refractivity (Wildman–Crippen MR) is 108 cm³/mol. The molecule has 0 aliphatic heterocycles. The molecule has 9 heteroatoms. The van der Waals surface area contributed by atoms with Crippen molar-refractivity contribution < 1.29 is 19.2 Å². The normalized spacial score (nSPS) is 11.8. The van der Waals surface area contributed by atoms with Crippen LogP contribution in [0.1, 0.15) is 22.2 Å². The fourth-order valence-electron chi connectivity index (χ4n) is 2.59. The topological polar surface area (TPSA) is 98.5 Å². The molecule has 0 bridgehead atoms. The number of amides is 1. The fraction of sp³-hybridized carbons (Fsp3) is 0.158. The number of ether oxygens (including phenoxy) is 1. The number of non-ortho nitro benzene ring substituents is 1. The zero-order valence-corrected chi connectivity index (χ0v) is 16.5. The summed E-state index contributed by atoms with van der Waals surface area (Å²) in [5, 5.41) is 14.2. The highest BCUT2D eigenvalue weighted by molar-refractivity contribution is 7.21. The molecule has 144 valence electrons. The Morgan fingerprint density at radius 1 is 1.25 bits per heavy atom. The highest BCUT2D eigenvalue weighted by Crippen LogP contribution is 2.31. The molecule has 2 aromatic carbocycles. The number of carbonyl (C=O) groups is 2. The number of anilines is 1. The van der Waals surface area contributed by atoms with Gasteiger partial charge < -0.3 is 10.1 Å². The molecule has 3 aromatic rings. The van der Waals surface area contributed by atoms with Gasteiger partial charge in [0.2, 0.25) is 0 Å². The molecule has 1 unspecified atom stereocenters. The Labute approximate surface area is 169 Å². The number of esters is 1. The quantitative estimate of drug-likeness (QED) is 0.359. The first-order chi connectivity index (χ1) is 13.3. The molecule has 1 N–H and O–H groups in total. The van der Waals surface area contributed by atoms with Crippen LogP contribution in [-0.4, -0.2) is 22.9 Å². The smallest absolute Gasteiger partial charge is 0.349 e. The highest BCUT2D eigenvalue weighted by Gasteiger charge is 2.23. The number of nitro benzene ring substituents is 1. The molecule has 0 radical (unpaired) electrons. The van der Waals surface area contributed by atoms with Gasteiger partial charge in [-0.05, 0) is 36.9 Å². The second-order valence-corrected chi connectivity index (χ2v) is 7.47. The molecule has 0 saturated carbocycles. The lowest BCUT2D eigenvalue weighted by Gasteiger charge is -2.14. The maximum atomic E-state index is 12.5. The molecule has 3 rings (SSSR count). The van der Waals surface area contributed by atoms with E-state index in [9.17, 15) is 19.7 Å². The van der Waals surface area contributed by atoms with Crippen molar-refractivity contribution in [1.29, 1.82) is 0 Å². The van der Waals surface area contributed by atoms with Crippen molar-refractivity contribution in [3.8, 4) is 0 Å². The molecule has 1 aromatic heterocycles. The van der Waals surface area contributed by atoms with Crippen molar-refractivity contribution in [2.75, 3.05) is 5.32 Å². The van der Waals surface area contributed by atoms with E-state index in [4.69, 9.17) is 16.3 Å². The molecule has 0 spiro atoms. The summed E-state index contributed by atoms with van der Waals surface area (Å²) in [6, 6.07) is 11.3. The lowest BCUT2D eigenvalue weighted by molar-refractivity contribution is -0.384. The van der Waals surface area contributed by atoms with Crippen molar-refractivity contribution in [2.45, 2.75) is 20.0 Å². The number of carbonyl (C=O) groups excluding carboxylic acids is 2. The highest BCUT2D eigenvalue weighted by atomic mass is 35.5. The number of nitrogens with zero attached hydrogens (tertiary/aromatic N) is 1. The number of aryl methyl sites for hydroxylation is 1. The van der Waals surface area contributed by atoms with Crippen molar-refractivity contribution in [3.05, 3.63) is 68.0 Å². The van der Waals surface area contributed by atoms with Crippen molar-refractivity contribution >= 4 is 56.3 Å². The van der Waals surface area contributed by atoms with Gasteiger partial charge in [0.1, 0.15) is 4.88 Å². The fourth-order valence-corrected chi connectivity index (χ4v) is 3.90. The number of halogens is 1. The molecule has 1 atom stereocenters. The minimum Gasteiger partial charge on any atom is -0.448 e. The molecule has 0 aliphatic carbocycles. The third-order valence-corrected chi connectivity index (χ3v) is 5.67. The predicted octanol–water partition coefficient (Wildman–Crippen LogP) is 4.96. The lowest BCUT2D eigenvalue weighted by Crippen LogP contribution is -2.30. The van der Waals surface area contributed by atoms with E-state index in [0.717, 1.165) is 21.7 Å². The minimum absolute atomic E-state index is 0.0152. The Balaban J connectivity index is 1.70. The summed E-state index contributed by atoms with van der Waals surface area (Å²) in [6.45, 7) is 3.27. The summed E-state index contributed by atoms with van der Waals surface area (Å²) in [6.07, 6.45) is -1.08. The number of hydrogen-bond donors (Lipinski definition) is 1. The van der Waals surface area contributed by atoms with Gasteiger partial charge in [0, 0.05) is 16.8 Å². The summed E-state index contributed by atoms with van der Waals surface area (Å²) in [4.78, 5) is 35.4. The summed E-state index contributed by atoms with van der Waals surface area (Å²) in [5.74, 6) is -1.18. The van der Waals surface area contributed by atoms with Crippen LogP contribution < -0.4 is 5.32 Å². The minimum atomic E-state index is -1.08. The third kappa shape index (κ3) is 3.97. The first-order valence-corrected chi connectivity index (χ1v) is 9.41. The van der Waals surface area contributed by atoms with Gasteiger partial charge in [-0.2, -0.15) is 0 Å². The van der Waals surface area contributed by atoms with Crippen LogP contribution in [0.15, 0.2) is 42.5 Å². The van der Waals surface area contributed by atoms with E-state index in [1.165, 1.54) is 30.4 Å². The van der Waals surface area contributed by atoms with Crippen LogP contribution in [0, 0.1) is 17.0 Å². The zero-order valence-electron chi connectivity index (χ0n) is 14.9. The molecule has 0 aliphatic rings. The van der Waals surface area contributed by atoms with E-state index in [0.29, 0.717) is 4.88 Å². The molecular formula is C19H15ClN2O5S. The number of nitro groups is 1. The van der Waals surface area contributed by atoms with E-state index >= 15 is 0 Å². The van der Waals surface area contributed by atoms with Gasteiger partial charge in [0.15, 0.2) is 6.10 Å². The maximum Gasteiger partial charge on any atom is 0.349 e. The zero-order chi connectivity index (χ0) is 20.4. The number of thiophene rings is 1. The average molecular weight is 419 g/mol. The Morgan fingerprint density at radius 3 is 2.61 bits per heavy atom. The first-order valence-electron chi connectivity index (χ1n) is 8.22. The van der Waals surface area contributed by atoms with E-state index in [-0.39, 0.29) is 16.4 Å². The number of nitrogens with one attached hydrogen (secondary N) is 1. The SMILES string of the molecule is Cc1c(C(=O)OC(C)C(=O)Nc2ccc([N+](=O)[O-])cc2Cl)sc2ccccc12. The molecule has 1 amide bonds. The Kier molecular flexibility index (Phi) is 5.62. The second kappa shape index (κ2) is 7.95. The number of rotatable bonds is 5. The van der Waals surface area contributed by atoms with Gasteiger partial charge in [0.05, 0.1) is 15.6 Å². The average Bonchev–Trinajstić information content (AvgIpc) is 3.00. The summed E-state index contributed by atoms with van der Waals surface area (Å²) < 4.78 is 6.25. The Morgan fingerprint density at radius 2 is 1.96 bits per heavy atom. The number of hydrogen-bond acceptors (Lipinski definition) is 6. The molecule has 7 nitrogen and oxygen atoms in total. The Bertz CT molecular complexity index is 1100. The van der Waals surface area contributed by atoms with E-state index in [1.54, 1.807) is 0 Å². The van der Waals surface area contributed by atoms with Gasteiger partial charge in [-0.15, -0.1) is 11.3 Å². The molecule has 1 heterocycles. The lowest BCUT2D eigenvalue weighted by atomic mass is 10.1. The van der Waals surface area contributed by atoms with Crippen LogP contribution >= 0.6 is 22.9 Å². The van der Waals surface area contributed by atoms with Crippen molar-refractivity contribution in [2.24, 2.45) is 0 Å². The Hall–Kier alpha value is -2.97. The molecule has 0 fully saturated rings. The van der Waals surface area contributed by atoms with Crippen LogP contribution in [0.2, 0.25) is 5.02 Å². The van der Waals surface area contributed by atoms with Crippen LogP contribution in [0.25, 0.3) is 10.1 Å².